The van der Waals surface area contributed by atoms with Crippen molar-refractivity contribution in [3.63, 3.8) is 0 Å². The van der Waals surface area contributed by atoms with Crippen molar-refractivity contribution in [2.24, 2.45) is 5.73 Å². The molecule has 31 heavy (non-hydrogen) atoms. The first-order valence-electron chi connectivity index (χ1n) is 9.96. The van der Waals surface area contributed by atoms with Gasteiger partial charge >= 0.3 is 0 Å². The minimum absolute atomic E-state index is 0.0966. The third-order valence-electron chi connectivity index (χ3n) is 5.18. The number of aromatic nitrogens is 2. The predicted molar refractivity (Wildman–Crippen MR) is 121 cm³/mol. The molecule has 0 radical (unpaired) electrons. The van der Waals surface area contributed by atoms with Crippen molar-refractivity contribution < 1.29 is 9.59 Å². The van der Waals surface area contributed by atoms with E-state index in [1.54, 1.807) is 30.5 Å². The summed E-state index contributed by atoms with van der Waals surface area (Å²) in [7, 11) is 0. The summed E-state index contributed by atoms with van der Waals surface area (Å²) in [6.45, 7) is 3.32. The highest BCUT2D eigenvalue weighted by Gasteiger charge is 2.22. The number of imidazole rings is 1. The fourth-order valence-corrected chi connectivity index (χ4v) is 3.77. The number of rotatable bonds is 6. The van der Waals surface area contributed by atoms with E-state index in [2.05, 4.69) is 20.1 Å². The number of halogens is 1. The number of hydrogen-bond acceptors (Lipinski definition) is 5. The molecule has 1 aromatic heterocycles. The maximum absolute atomic E-state index is 12.4. The number of amides is 2. The van der Waals surface area contributed by atoms with Gasteiger partial charge in [0.1, 0.15) is 0 Å². The van der Waals surface area contributed by atoms with E-state index in [0.717, 1.165) is 37.8 Å². The van der Waals surface area contributed by atoms with Gasteiger partial charge in [0.05, 0.1) is 6.54 Å². The smallest absolute Gasteiger partial charge is 0.248 e. The van der Waals surface area contributed by atoms with Crippen molar-refractivity contribution in [3.05, 3.63) is 71.5 Å². The van der Waals surface area contributed by atoms with Crippen LogP contribution in [0.4, 0.5) is 11.6 Å². The number of carbonyl (C=O) groups is 2. The summed E-state index contributed by atoms with van der Waals surface area (Å²) < 4.78 is 2.02. The highest BCUT2D eigenvalue weighted by atomic mass is 35.5. The fraction of sp³-hybridized carbons (Fsp3) is 0.227. The average Bonchev–Trinajstić information content (AvgIpc) is 3.24. The predicted octanol–water partition coefficient (Wildman–Crippen LogP) is 2.39. The highest BCUT2D eigenvalue weighted by molar-refractivity contribution is 6.30. The number of nitrogens with two attached hydrogens (primary N) is 1. The number of primary amides is 1. The number of nitrogens with one attached hydrogen (secondary N) is 1. The van der Waals surface area contributed by atoms with Gasteiger partial charge in [-0.2, -0.15) is 0 Å². The normalized spacial score (nSPS) is 14.4. The molecule has 0 aliphatic carbocycles. The molecular formula is C22H23ClN6O2. The van der Waals surface area contributed by atoms with Crippen molar-refractivity contribution in [1.29, 1.82) is 0 Å². The Bertz CT molecular complexity index is 1070. The molecule has 3 aromatic rings. The number of anilines is 2. The van der Waals surface area contributed by atoms with Crippen LogP contribution in [0.15, 0.2) is 60.9 Å². The van der Waals surface area contributed by atoms with Crippen LogP contribution >= 0.6 is 11.6 Å². The fourth-order valence-electron chi connectivity index (χ4n) is 3.58. The van der Waals surface area contributed by atoms with Gasteiger partial charge in [0.2, 0.25) is 17.8 Å². The minimum Gasteiger partial charge on any atom is -0.366 e. The molecule has 2 amide bonds. The zero-order chi connectivity index (χ0) is 21.8. The molecule has 3 N–H and O–H groups in total. The molecule has 4 rings (SSSR count). The van der Waals surface area contributed by atoms with Crippen LogP contribution in [0.1, 0.15) is 10.4 Å². The van der Waals surface area contributed by atoms with Crippen LogP contribution in [0.5, 0.6) is 0 Å². The molecule has 2 heterocycles. The Morgan fingerprint density at radius 1 is 1.06 bits per heavy atom. The summed E-state index contributed by atoms with van der Waals surface area (Å²) in [5.74, 6) is 0.272. The van der Waals surface area contributed by atoms with Crippen LogP contribution in [0.2, 0.25) is 5.02 Å². The molecule has 2 aromatic carbocycles. The monoisotopic (exact) mass is 438 g/mol. The number of nitrogens with zero attached hydrogens (tertiary/aromatic N) is 4. The van der Waals surface area contributed by atoms with Crippen molar-refractivity contribution in [2.45, 2.75) is 0 Å². The van der Waals surface area contributed by atoms with E-state index < -0.39 is 5.91 Å². The maximum Gasteiger partial charge on any atom is 0.248 e. The first kappa shape index (κ1) is 20.9. The molecule has 1 aliphatic rings. The van der Waals surface area contributed by atoms with E-state index in [0.29, 0.717) is 22.8 Å². The second-order valence-corrected chi connectivity index (χ2v) is 7.77. The van der Waals surface area contributed by atoms with E-state index in [1.807, 2.05) is 35.0 Å². The SMILES string of the molecule is NC(=O)c1ccc(NC(=O)CN2CCN(c3nccn3-c3cccc(Cl)c3)CC2)cc1. The molecule has 0 atom stereocenters. The molecule has 0 saturated carbocycles. The van der Waals surface area contributed by atoms with Gasteiger partial charge in [-0.15, -0.1) is 0 Å². The Balaban J connectivity index is 1.32. The van der Waals surface area contributed by atoms with Gasteiger partial charge in [-0.1, -0.05) is 17.7 Å². The first-order chi connectivity index (χ1) is 15.0. The summed E-state index contributed by atoms with van der Waals surface area (Å²) in [5, 5.41) is 3.53. The number of piperazine rings is 1. The molecule has 0 spiro atoms. The van der Waals surface area contributed by atoms with Gasteiger partial charge in [0.15, 0.2) is 0 Å². The first-order valence-corrected chi connectivity index (χ1v) is 10.3. The van der Waals surface area contributed by atoms with E-state index in [9.17, 15) is 9.59 Å². The van der Waals surface area contributed by atoms with E-state index in [4.69, 9.17) is 17.3 Å². The lowest BCUT2D eigenvalue weighted by atomic mass is 10.2. The van der Waals surface area contributed by atoms with E-state index >= 15 is 0 Å². The Labute approximate surface area is 185 Å². The number of benzene rings is 2. The molecule has 160 valence electrons. The Hall–Kier alpha value is -3.36. The van der Waals surface area contributed by atoms with Crippen LogP contribution < -0.4 is 16.0 Å². The number of carbonyl (C=O) groups excluding carboxylic acids is 2. The van der Waals surface area contributed by atoms with Gasteiger partial charge in [-0.25, -0.2) is 4.98 Å². The highest BCUT2D eigenvalue weighted by Crippen LogP contribution is 2.22. The second-order valence-electron chi connectivity index (χ2n) is 7.33. The molecule has 1 fully saturated rings. The molecule has 0 unspecified atom stereocenters. The van der Waals surface area contributed by atoms with Crippen LogP contribution in [-0.4, -0.2) is 59.0 Å². The van der Waals surface area contributed by atoms with Crippen LogP contribution in [0.3, 0.4) is 0 Å². The largest absolute Gasteiger partial charge is 0.366 e. The zero-order valence-corrected chi connectivity index (χ0v) is 17.6. The second kappa shape index (κ2) is 9.20. The molecule has 0 bridgehead atoms. The third-order valence-corrected chi connectivity index (χ3v) is 5.42. The Morgan fingerprint density at radius 3 is 2.48 bits per heavy atom. The van der Waals surface area contributed by atoms with Gasteiger partial charge in [-0.3, -0.25) is 19.1 Å². The van der Waals surface area contributed by atoms with Crippen molar-refractivity contribution in [3.8, 4) is 5.69 Å². The minimum atomic E-state index is -0.494. The molecule has 1 aliphatic heterocycles. The average molecular weight is 439 g/mol. The lowest BCUT2D eigenvalue weighted by molar-refractivity contribution is -0.117. The topological polar surface area (TPSA) is 96.5 Å². The van der Waals surface area contributed by atoms with Crippen LogP contribution in [0.25, 0.3) is 5.69 Å². The molecule has 9 heteroatoms. The molecule has 8 nitrogen and oxygen atoms in total. The van der Waals surface area contributed by atoms with Gasteiger partial charge in [0.25, 0.3) is 0 Å². The Kier molecular flexibility index (Phi) is 6.20. The lowest BCUT2D eigenvalue weighted by Gasteiger charge is -2.35. The summed E-state index contributed by atoms with van der Waals surface area (Å²) in [5.41, 5.74) is 7.24. The number of hydrogen-bond donors (Lipinski definition) is 2. The summed E-state index contributed by atoms with van der Waals surface area (Å²) in [6.07, 6.45) is 3.70. The van der Waals surface area contributed by atoms with Crippen molar-refractivity contribution in [2.75, 3.05) is 42.9 Å². The zero-order valence-electron chi connectivity index (χ0n) is 16.9. The lowest BCUT2D eigenvalue weighted by Crippen LogP contribution is -2.49. The standard InChI is InChI=1S/C22H23ClN6O2/c23-17-2-1-3-19(14-17)29-9-8-25-22(29)28-12-10-27(11-13-28)15-20(30)26-18-6-4-16(5-7-18)21(24)31/h1-9,14H,10-13,15H2,(H2,24,31)(H,26,30). The van der Waals surface area contributed by atoms with E-state index in [-0.39, 0.29) is 5.91 Å². The van der Waals surface area contributed by atoms with Gasteiger partial charge < -0.3 is 16.0 Å². The Morgan fingerprint density at radius 2 is 1.81 bits per heavy atom. The third kappa shape index (κ3) is 5.04. The summed E-state index contributed by atoms with van der Waals surface area (Å²) in [4.78, 5) is 32.4. The van der Waals surface area contributed by atoms with Gasteiger partial charge in [-0.05, 0) is 42.5 Å². The van der Waals surface area contributed by atoms with E-state index in [1.165, 1.54) is 0 Å². The van der Waals surface area contributed by atoms with Crippen molar-refractivity contribution in [1.82, 2.24) is 14.5 Å². The quantitative estimate of drug-likeness (QED) is 0.616. The maximum atomic E-state index is 12.4. The van der Waals surface area contributed by atoms with Crippen LogP contribution in [0, 0.1) is 0 Å². The molecule has 1 saturated heterocycles. The van der Waals surface area contributed by atoms with Gasteiger partial charge in [0, 0.05) is 60.5 Å². The molecular weight excluding hydrogens is 416 g/mol. The van der Waals surface area contributed by atoms with Crippen LogP contribution in [-0.2, 0) is 4.79 Å². The summed E-state index contributed by atoms with van der Waals surface area (Å²) in [6, 6.07) is 14.2. The summed E-state index contributed by atoms with van der Waals surface area (Å²) >= 11 is 6.13. The van der Waals surface area contributed by atoms with Crippen molar-refractivity contribution >= 4 is 35.1 Å².